The van der Waals surface area contributed by atoms with Crippen molar-refractivity contribution in [2.24, 2.45) is 11.8 Å². The Morgan fingerprint density at radius 3 is 2.77 bits per heavy atom. The summed E-state index contributed by atoms with van der Waals surface area (Å²) in [6.45, 7) is 10.5. The zero-order chi connectivity index (χ0) is 21.9. The standard InChI is InChI=1S/C23H32N6O2/c1-13(2)29-15(4)22(14(3)26-29)18-9-19(25-24-18)23(31)27-10-16-8-17(12-27)20-6-5-7-21(30)28(20)11-16/h9,13,16-17,20H,5-8,10-12H2,1-4H3,(H,24,25). The molecule has 3 saturated heterocycles. The Hall–Kier alpha value is -2.64. The highest BCUT2D eigenvalue weighted by Crippen LogP contribution is 2.38. The lowest BCUT2D eigenvalue weighted by Crippen LogP contribution is -2.61. The Balaban J connectivity index is 1.36. The van der Waals surface area contributed by atoms with Crippen molar-refractivity contribution >= 4 is 11.8 Å². The first-order valence-corrected chi connectivity index (χ1v) is 11.5. The summed E-state index contributed by atoms with van der Waals surface area (Å²) >= 11 is 0. The van der Waals surface area contributed by atoms with Crippen molar-refractivity contribution < 1.29 is 9.59 Å². The number of carbonyl (C=O) groups excluding carboxylic acids is 2. The molecule has 1 N–H and O–H groups in total. The summed E-state index contributed by atoms with van der Waals surface area (Å²) in [5.74, 6) is 1.07. The van der Waals surface area contributed by atoms with Gasteiger partial charge in [0.1, 0.15) is 5.69 Å². The van der Waals surface area contributed by atoms with Gasteiger partial charge >= 0.3 is 0 Å². The predicted octanol–water partition coefficient (Wildman–Crippen LogP) is 2.94. The number of amides is 2. The van der Waals surface area contributed by atoms with Crippen LogP contribution in [-0.2, 0) is 4.79 Å². The van der Waals surface area contributed by atoms with Gasteiger partial charge in [0.05, 0.1) is 11.4 Å². The van der Waals surface area contributed by atoms with Crippen molar-refractivity contribution in [3.05, 3.63) is 23.1 Å². The number of aromatic amines is 1. The van der Waals surface area contributed by atoms with Crippen molar-refractivity contribution in [1.29, 1.82) is 0 Å². The molecule has 2 aromatic rings. The highest BCUT2D eigenvalue weighted by Gasteiger charge is 2.45. The smallest absolute Gasteiger partial charge is 0.271 e. The molecule has 31 heavy (non-hydrogen) atoms. The van der Waals surface area contributed by atoms with Crippen LogP contribution in [-0.4, -0.2) is 67.3 Å². The van der Waals surface area contributed by atoms with E-state index in [2.05, 4.69) is 41.0 Å². The minimum absolute atomic E-state index is 0.00981. The van der Waals surface area contributed by atoms with Crippen LogP contribution in [0.3, 0.4) is 0 Å². The zero-order valence-electron chi connectivity index (χ0n) is 18.9. The van der Waals surface area contributed by atoms with Crippen LogP contribution in [0, 0.1) is 25.7 Å². The first kappa shape index (κ1) is 20.3. The molecule has 8 nitrogen and oxygen atoms in total. The summed E-state index contributed by atoms with van der Waals surface area (Å²) in [5, 5.41) is 12.1. The normalized spacial score (nSPS) is 25.8. The van der Waals surface area contributed by atoms with Crippen molar-refractivity contribution in [2.45, 2.75) is 65.5 Å². The summed E-state index contributed by atoms with van der Waals surface area (Å²) in [4.78, 5) is 29.8. The number of carbonyl (C=O) groups is 2. The third-order valence-corrected chi connectivity index (χ3v) is 7.35. The molecule has 3 fully saturated rings. The Bertz CT molecular complexity index is 1020. The van der Waals surface area contributed by atoms with Gasteiger partial charge in [-0.25, -0.2) is 0 Å². The topological polar surface area (TPSA) is 87.1 Å². The minimum atomic E-state index is 0.00981. The number of nitrogens with one attached hydrogen (secondary N) is 1. The fraction of sp³-hybridized carbons (Fsp3) is 0.652. The molecule has 3 unspecified atom stereocenters. The first-order chi connectivity index (χ1) is 14.8. The first-order valence-electron chi connectivity index (χ1n) is 11.5. The number of aryl methyl sites for hydroxylation is 1. The van der Waals surface area contributed by atoms with Gasteiger partial charge in [-0.1, -0.05) is 0 Å². The highest BCUT2D eigenvalue weighted by molar-refractivity contribution is 5.93. The van der Waals surface area contributed by atoms with E-state index in [1.165, 1.54) is 0 Å². The molecule has 2 aromatic heterocycles. The van der Waals surface area contributed by atoms with Crippen molar-refractivity contribution in [3.63, 3.8) is 0 Å². The molecule has 5 heterocycles. The van der Waals surface area contributed by atoms with Crippen molar-refractivity contribution in [3.8, 4) is 11.3 Å². The molecule has 0 spiro atoms. The molecular formula is C23H32N6O2. The molecule has 8 heteroatoms. The maximum atomic E-state index is 13.3. The third-order valence-electron chi connectivity index (χ3n) is 7.35. The Kier molecular flexibility index (Phi) is 4.90. The third kappa shape index (κ3) is 3.36. The molecule has 5 rings (SSSR count). The monoisotopic (exact) mass is 424 g/mol. The number of aromatic nitrogens is 4. The van der Waals surface area contributed by atoms with Crippen LogP contribution in [0.1, 0.15) is 67.4 Å². The number of nitrogens with zero attached hydrogens (tertiary/aromatic N) is 5. The average Bonchev–Trinajstić information content (AvgIpc) is 3.32. The Labute approximate surface area is 183 Å². The molecule has 2 bridgehead atoms. The van der Waals surface area contributed by atoms with E-state index in [0.717, 1.165) is 55.0 Å². The summed E-state index contributed by atoms with van der Waals surface area (Å²) in [7, 11) is 0. The zero-order valence-corrected chi connectivity index (χ0v) is 18.9. The molecule has 3 atom stereocenters. The maximum Gasteiger partial charge on any atom is 0.271 e. The number of hydrogen-bond donors (Lipinski definition) is 1. The van der Waals surface area contributed by atoms with Crippen molar-refractivity contribution in [1.82, 2.24) is 29.8 Å². The average molecular weight is 425 g/mol. The van der Waals surface area contributed by atoms with Gasteiger partial charge in [0.25, 0.3) is 5.91 Å². The van der Waals surface area contributed by atoms with Crippen LogP contribution in [0.15, 0.2) is 6.07 Å². The molecule has 2 amide bonds. The maximum absolute atomic E-state index is 13.3. The fourth-order valence-electron chi connectivity index (χ4n) is 6.04. The lowest BCUT2D eigenvalue weighted by molar-refractivity contribution is -0.144. The van der Waals surface area contributed by atoms with Crippen LogP contribution in [0.5, 0.6) is 0 Å². The summed E-state index contributed by atoms with van der Waals surface area (Å²) in [6, 6.07) is 2.44. The van der Waals surface area contributed by atoms with E-state index in [9.17, 15) is 9.59 Å². The van der Waals surface area contributed by atoms with Crippen LogP contribution in [0.4, 0.5) is 0 Å². The van der Waals surface area contributed by atoms with Crippen LogP contribution in [0.2, 0.25) is 0 Å². The lowest BCUT2D eigenvalue weighted by Gasteiger charge is -2.52. The van der Waals surface area contributed by atoms with Gasteiger partial charge in [-0.2, -0.15) is 10.2 Å². The van der Waals surface area contributed by atoms with Crippen LogP contribution >= 0.6 is 0 Å². The fourth-order valence-corrected chi connectivity index (χ4v) is 6.04. The number of likely N-dealkylation sites (tertiary alicyclic amines) is 1. The van der Waals surface area contributed by atoms with Gasteiger partial charge in [-0.15, -0.1) is 0 Å². The van der Waals surface area contributed by atoms with Gasteiger partial charge in [-0.3, -0.25) is 19.4 Å². The molecule has 3 aliphatic rings. The molecular weight excluding hydrogens is 392 g/mol. The molecule has 0 radical (unpaired) electrons. The number of fused-ring (bicyclic) bond motifs is 4. The van der Waals surface area contributed by atoms with Crippen LogP contribution < -0.4 is 0 Å². The SMILES string of the molecule is Cc1nn(C(C)C)c(C)c1-c1cc(C(=O)N2CC3CC(C2)C2CCCC(=O)N2C3)[nH]n1. The number of hydrogen-bond acceptors (Lipinski definition) is 4. The lowest BCUT2D eigenvalue weighted by atomic mass is 9.76. The molecule has 0 saturated carbocycles. The second-order valence-corrected chi connectivity index (χ2v) is 9.83. The Morgan fingerprint density at radius 1 is 1.23 bits per heavy atom. The molecule has 0 aromatic carbocycles. The number of piperidine rings is 3. The van der Waals surface area contributed by atoms with Crippen LogP contribution in [0.25, 0.3) is 11.3 Å². The molecule has 166 valence electrons. The van der Waals surface area contributed by atoms with Gasteiger partial charge in [0.15, 0.2) is 0 Å². The van der Waals surface area contributed by atoms with E-state index < -0.39 is 0 Å². The minimum Gasteiger partial charge on any atom is -0.339 e. The van der Waals surface area contributed by atoms with Gasteiger partial charge < -0.3 is 9.80 Å². The van der Waals surface area contributed by atoms with E-state index in [-0.39, 0.29) is 11.9 Å². The largest absolute Gasteiger partial charge is 0.339 e. The Morgan fingerprint density at radius 2 is 2.03 bits per heavy atom. The van der Waals surface area contributed by atoms with Gasteiger partial charge in [0.2, 0.25) is 5.91 Å². The van der Waals surface area contributed by atoms with E-state index in [1.807, 2.05) is 22.6 Å². The number of H-pyrrole nitrogens is 1. The second-order valence-electron chi connectivity index (χ2n) is 9.83. The number of rotatable bonds is 3. The second kappa shape index (κ2) is 7.50. The van der Waals surface area contributed by atoms with E-state index in [4.69, 9.17) is 0 Å². The highest BCUT2D eigenvalue weighted by atomic mass is 16.2. The molecule has 3 aliphatic heterocycles. The van der Waals surface area contributed by atoms with Crippen molar-refractivity contribution in [2.75, 3.05) is 19.6 Å². The summed E-state index contributed by atoms with van der Waals surface area (Å²) < 4.78 is 2.00. The van der Waals surface area contributed by atoms with E-state index >= 15 is 0 Å². The van der Waals surface area contributed by atoms with E-state index in [0.29, 0.717) is 42.4 Å². The predicted molar refractivity (Wildman–Crippen MR) is 117 cm³/mol. The molecule has 0 aliphatic carbocycles. The summed E-state index contributed by atoms with van der Waals surface area (Å²) in [6.07, 6.45) is 3.85. The summed E-state index contributed by atoms with van der Waals surface area (Å²) in [5.41, 5.74) is 4.28. The van der Waals surface area contributed by atoms with Gasteiger partial charge in [-0.05, 0) is 64.9 Å². The van der Waals surface area contributed by atoms with Gasteiger partial charge in [0, 0.05) is 49.4 Å². The quantitative estimate of drug-likeness (QED) is 0.821. The van der Waals surface area contributed by atoms with E-state index in [1.54, 1.807) is 0 Å².